The summed E-state index contributed by atoms with van der Waals surface area (Å²) in [5, 5.41) is 8.90. The second-order valence-corrected chi connectivity index (χ2v) is 4.99. The van der Waals surface area contributed by atoms with Crippen molar-refractivity contribution in [2.45, 2.75) is 6.18 Å². The smallest absolute Gasteiger partial charge is 0.417 e. The van der Waals surface area contributed by atoms with Gasteiger partial charge >= 0.3 is 12.1 Å². The highest BCUT2D eigenvalue weighted by atomic mass is 79.9. The molecule has 0 fully saturated rings. The maximum atomic E-state index is 12.7. The first kappa shape index (κ1) is 15.4. The van der Waals surface area contributed by atoms with Crippen molar-refractivity contribution in [2.75, 3.05) is 0 Å². The summed E-state index contributed by atoms with van der Waals surface area (Å²) >= 11 is 3.23. The standard InChI is InChI=1S/C14H8BrF3O3/c15-8-2-1-3-9(6-8)21-10-4-5-12(14(16,17)18)11(7-10)13(19)20/h1-7H,(H,19,20). The molecule has 0 saturated carbocycles. The first-order chi connectivity index (χ1) is 9.77. The molecule has 0 unspecified atom stereocenters. The van der Waals surface area contributed by atoms with Gasteiger partial charge in [-0.15, -0.1) is 0 Å². The fraction of sp³-hybridized carbons (Fsp3) is 0.0714. The van der Waals surface area contributed by atoms with Crippen LogP contribution in [-0.2, 0) is 6.18 Å². The van der Waals surface area contributed by atoms with E-state index in [4.69, 9.17) is 9.84 Å². The Kier molecular flexibility index (Phi) is 4.22. The van der Waals surface area contributed by atoms with Crippen LogP contribution in [0, 0.1) is 0 Å². The van der Waals surface area contributed by atoms with Crippen LogP contribution in [0.25, 0.3) is 0 Å². The maximum absolute atomic E-state index is 12.7. The van der Waals surface area contributed by atoms with E-state index in [1.807, 2.05) is 0 Å². The Balaban J connectivity index is 2.39. The van der Waals surface area contributed by atoms with Crippen molar-refractivity contribution >= 4 is 21.9 Å². The van der Waals surface area contributed by atoms with Crippen LogP contribution in [0.5, 0.6) is 11.5 Å². The molecule has 0 aliphatic carbocycles. The van der Waals surface area contributed by atoms with E-state index < -0.39 is 23.3 Å². The number of alkyl halides is 3. The van der Waals surface area contributed by atoms with Gasteiger partial charge in [0.25, 0.3) is 0 Å². The van der Waals surface area contributed by atoms with Crippen LogP contribution in [0.4, 0.5) is 13.2 Å². The van der Waals surface area contributed by atoms with Gasteiger partial charge in [0.05, 0.1) is 11.1 Å². The maximum Gasteiger partial charge on any atom is 0.417 e. The molecule has 0 aliphatic rings. The molecule has 1 N–H and O–H groups in total. The molecule has 3 nitrogen and oxygen atoms in total. The van der Waals surface area contributed by atoms with Crippen molar-refractivity contribution in [3.63, 3.8) is 0 Å². The Morgan fingerprint density at radius 3 is 2.33 bits per heavy atom. The Morgan fingerprint density at radius 1 is 1.10 bits per heavy atom. The van der Waals surface area contributed by atoms with Gasteiger partial charge in [-0.05, 0) is 36.4 Å². The van der Waals surface area contributed by atoms with Gasteiger partial charge in [-0.3, -0.25) is 0 Å². The van der Waals surface area contributed by atoms with E-state index in [1.54, 1.807) is 24.3 Å². The summed E-state index contributed by atoms with van der Waals surface area (Å²) in [6.45, 7) is 0. The molecule has 2 rings (SSSR count). The largest absolute Gasteiger partial charge is 0.478 e. The van der Waals surface area contributed by atoms with Gasteiger partial charge in [0, 0.05) is 4.47 Å². The zero-order valence-corrected chi connectivity index (χ0v) is 11.9. The molecule has 0 bridgehead atoms. The molecule has 7 heteroatoms. The molecule has 0 saturated heterocycles. The summed E-state index contributed by atoms with van der Waals surface area (Å²) in [5.74, 6) is -1.28. The summed E-state index contributed by atoms with van der Waals surface area (Å²) in [5.41, 5.74) is -2.06. The van der Waals surface area contributed by atoms with Gasteiger partial charge in [0.15, 0.2) is 0 Å². The molecular formula is C14H8BrF3O3. The number of halogens is 4. The molecule has 0 amide bonds. The molecule has 0 atom stereocenters. The average molecular weight is 361 g/mol. The highest BCUT2D eigenvalue weighted by molar-refractivity contribution is 9.10. The second kappa shape index (κ2) is 5.77. The first-order valence-corrected chi connectivity index (χ1v) is 6.44. The minimum atomic E-state index is -4.73. The van der Waals surface area contributed by atoms with Gasteiger partial charge in [0.1, 0.15) is 11.5 Å². The van der Waals surface area contributed by atoms with Crippen LogP contribution < -0.4 is 4.74 Å². The van der Waals surface area contributed by atoms with Crippen molar-refractivity contribution in [3.8, 4) is 11.5 Å². The fourth-order valence-electron chi connectivity index (χ4n) is 1.68. The van der Waals surface area contributed by atoms with E-state index in [9.17, 15) is 18.0 Å². The zero-order valence-electron chi connectivity index (χ0n) is 10.3. The topological polar surface area (TPSA) is 46.5 Å². The first-order valence-electron chi connectivity index (χ1n) is 5.65. The third-order valence-electron chi connectivity index (χ3n) is 2.56. The fourth-order valence-corrected chi connectivity index (χ4v) is 2.06. The molecular weight excluding hydrogens is 353 g/mol. The van der Waals surface area contributed by atoms with Crippen LogP contribution in [0.3, 0.4) is 0 Å². The van der Waals surface area contributed by atoms with E-state index in [0.29, 0.717) is 11.8 Å². The molecule has 0 aromatic heterocycles. The summed E-state index contributed by atoms with van der Waals surface area (Å²) in [6.07, 6.45) is -4.73. The van der Waals surface area contributed by atoms with Gasteiger partial charge in [-0.1, -0.05) is 22.0 Å². The molecule has 2 aromatic carbocycles. The third kappa shape index (κ3) is 3.75. The van der Waals surface area contributed by atoms with Crippen molar-refractivity contribution in [1.82, 2.24) is 0 Å². The molecule has 110 valence electrons. The molecule has 0 spiro atoms. The lowest BCUT2D eigenvalue weighted by Gasteiger charge is -2.12. The number of rotatable bonds is 3. The van der Waals surface area contributed by atoms with Gasteiger partial charge in [-0.2, -0.15) is 13.2 Å². The van der Waals surface area contributed by atoms with E-state index in [2.05, 4.69) is 15.9 Å². The van der Waals surface area contributed by atoms with Gasteiger partial charge in [-0.25, -0.2) is 4.79 Å². The monoisotopic (exact) mass is 360 g/mol. The summed E-state index contributed by atoms with van der Waals surface area (Å²) in [7, 11) is 0. The quantitative estimate of drug-likeness (QED) is 0.841. The normalized spacial score (nSPS) is 11.2. The van der Waals surface area contributed by atoms with Crippen LogP contribution in [0.2, 0.25) is 0 Å². The lowest BCUT2D eigenvalue weighted by atomic mass is 10.1. The van der Waals surface area contributed by atoms with Crippen molar-refractivity contribution in [3.05, 3.63) is 58.1 Å². The summed E-state index contributed by atoms with van der Waals surface area (Å²) in [6, 6.07) is 9.27. The number of carbonyl (C=O) groups is 1. The van der Waals surface area contributed by atoms with Gasteiger partial charge in [0.2, 0.25) is 0 Å². The van der Waals surface area contributed by atoms with E-state index >= 15 is 0 Å². The number of carboxylic acid groups (broad SMARTS) is 1. The molecule has 0 aliphatic heterocycles. The summed E-state index contributed by atoms with van der Waals surface area (Å²) in [4.78, 5) is 11.0. The Bertz CT molecular complexity index is 683. The van der Waals surface area contributed by atoms with Crippen molar-refractivity contribution in [2.24, 2.45) is 0 Å². The molecule has 21 heavy (non-hydrogen) atoms. The number of ether oxygens (including phenoxy) is 1. The number of aromatic carboxylic acids is 1. The second-order valence-electron chi connectivity index (χ2n) is 4.07. The van der Waals surface area contributed by atoms with Gasteiger partial charge < -0.3 is 9.84 Å². The highest BCUT2D eigenvalue weighted by Crippen LogP contribution is 2.35. The van der Waals surface area contributed by atoms with Crippen LogP contribution in [0.1, 0.15) is 15.9 Å². The van der Waals surface area contributed by atoms with Crippen LogP contribution >= 0.6 is 15.9 Å². The number of hydrogen-bond acceptors (Lipinski definition) is 2. The van der Waals surface area contributed by atoms with Crippen molar-refractivity contribution in [1.29, 1.82) is 0 Å². The molecule has 0 heterocycles. The van der Waals surface area contributed by atoms with Crippen LogP contribution in [-0.4, -0.2) is 11.1 Å². The van der Waals surface area contributed by atoms with Crippen molar-refractivity contribution < 1.29 is 27.8 Å². The Morgan fingerprint density at radius 2 is 1.76 bits per heavy atom. The van der Waals surface area contributed by atoms with Crippen LogP contribution in [0.15, 0.2) is 46.9 Å². The minimum Gasteiger partial charge on any atom is -0.478 e. The SMILES string of the molecule is O=C(O)c1cc(Oc2cccc(Br)c2)ccc1C(F)(F)F. The minimum absolute atomic E-state index is 0.0125. The molecule has 2 aromatic rings. The lowest BCUT2D eigenvalue weighted by molar-refractivity contribution is -0.138. The predicted molar refractivity (Wildman–Crippen MR) is 72.6 cm³/mol. The third-order valence-corrected chi connectivity index (χ3v) is 3.05. The molecule has 0 radical (unpaired) electrons. The Labute approximate surface area is 126 Å². The predicted octanol–water partition coefficient (Wildman–Crippen LogP) is 4.96. The number of carboxylic acids is 1. The number of benzene rings is 2. The lowest BCUT2D eigenvalue weighted by Crippen LogP contribution is -2.12. The number of hydrogen-bond donors (Lipinski definition) is 1. The van der Waals surface area contributed by atoms with E-state index in [0.717, 1.165) is 16.6 Å². The highest BCUT2D eigenvalue weighted by Gasteiger charge is 2.35. The zero-order chi connectivity index (χ0) is 15.6. The van der Waals surface area contributed by atoms with E-state index in [1.165, 1.54) is 0 Å². The Hall–Kier alpha value is -2.02. The average Bonchev–Trinajstić information content (AvgIpc) is 2.37. The summed E-state index contributed by atoms with van der Waals surface area (Å²) < 4.78 is 44.2. The van der Waals surface area contributed by atoms with E-state index in [-0.39, 0.29) is 5.75 Å².